The lowest BCUT2D eigenvalue weighted by atomic mass is 9.96. The van der Waals surface area contributed by atoms with Crippen LogP contribution in [0, 0.1) is 11.8 Å². The summed E-state index contributed by atoms with van der Waals surface area (Å²) in [7, 11) is 0. The number of aromatic hydroxyl groups is 1. The van der Waals surface area contributed by atoms with Crippen LogP contribution in [0.1, 0.15) is 90.7 Å². The lowest BCUT2D eigenvalue weighted by molar-refractivity contribution is -0.143. The monoisotopic (exact) mass is 1590 g/mol. The number of aliphatic hydroxyl groups excluding tert-OH is 3. The first-order valence-electron chi connectivity index (χ1n) is 34.8. The van der Waals surface area contributed by atoms with Gasteiger partial charge in [-0.3, -0.25) is 72.5 Å². The van der Waals surface area contributed by atoms with Crippen LogP contribution in [-0.2, 0) is 75.2 Å². The van der Waals surface area contributed by atoms with Gasteiger partial charge in [-0.25, -0.2) is 4.79 Å². The van der Waals surface area contributed by atoms with Gasteiger partial charge in [0.2, 0.25) is 70.9 Å². The number of phenols is 1. The first-order chi connectivity index (χ1) is 51.4. The Bertz CT molecular complexity index is 3430. The van der Waals surface area contributed by atoms with Crippen molar-refractivity contribution in [2.75, 3.05) is 50.1 Å². The van der Waals surface area contributed by atoms with E-state index in [4.69, 9.17) is 40.1 Å². The van der Waals surface area contributed by atoms with E-state index >= 15 is 9.59 Å². The van der Waals surface area contributed by atoms with Crippen molar-refractivity contribution in [2.24, 2.45) is 66.9 Å². The average molecular weight is 1590 g/mol. The highest BCUT2D eigenvalue weighted by Crippen LogP contribution is 2.16. The number of aliphatic hydroxyl groups is 3. The molecule has 15 atom stereocenters. The van der Waals surface area contributed by atoms with Gasteiger partial charge in [0, 0.05) is 49.7 Å². The summed E-state index contributed by atoms with van der Waals surface area (Å²) < 4.78 is 0. The highest BCUT2D eigenvalue weighted by atomic mass is 32.1. The normalized spacial score (nSPS) is 15.2. The van der Waals surface area contributed by atoms with Gasteiger partial charge in [-0.1, -0.05) is 76.6 Å². The van der Waals surface area contributed by atoms with Gasteiger partial charge in [0.1, 0.15) is 84.3 Å². The van der Waals surface area contributed by atoms with E-state index in [0.29, 0.717) is 11.1 Å². The van der Waals surface area contributed by atoms with Gasteiger partial charge in [-0.15, -0.1) is 0 Å². The number of nitrogens with zero attached hydrogens (tertiary/aromatic N) is 3. The van der Waals surface area contributed by atoms with Crippen LogP contribution in [0.2, 0.25) is 0 Å². The lowest BCUT2D eigenvalue weighted by Crippen LogP contribution is -2.62. The van der Waals surface area contributed by atoms with E-state index in [1.807, 2.05) is 0 Å². The summed E-state index contributed by atoms with van der Waals surface area (Å²) in [5.74, 6) is -16.9. The van der Waals surface area contributed by atoms with E-state index in [-0.39, 0.29) is 107 Å². The topological polar surface area (TPSA) is 687 Å². The molecular weight excluding hydrogens is 1490 g/mol. The van der Waals surface area contributed by atoms with E-state index < -0.39 is 198 Å². The number of nitrogens with two attached hydrogens (primary N) is 7. The second kappa shape index (κ2) is 49.9. The molecular formula is C66H108N22O18S3. The first kappa shape index (κ1) is 95.1. The minimum Gasteiger partial charge on any atom is -0.508 e. The van der Waals surface area contributed by atoms with E-state index in [2.05, 4.69) is 117 Å². The summed E-state index contributed by atoms with van der Waals surface area (Å²) in [5.41, 5.74) is 39.9. The predicted molar refractivity (Wildman–Crippen MR) is 412 cm³/mol. The number of hydrogen-bond acceptors (Lipinski definition) is 24. The molecule has 43 heteroatoms. The fourth-order valence-corrected chi connectivity index (χ4v) is 10.8. The van der Waals surface area contributed by atoms with Crippen LogP contribution in [-0.4, -0.2) is 255 Å². The number of carboxylic acid groups (broad SMARTS) is 1. The molecule has 2 aromatic carbocycles. The zero-order valence-electron chi connectivity index (χ0n) is 61.2. The number of rotatable bonds is 50. The maximum Gasteiger partial charge on any atom is 0.328 e. The number of phenolic OH excluding ortho intramolecular Hbond substituents is 1. The van der Waals surface area contributed by atoms with Crippen LogP contribution >= 0.6 is 37.9 Å². The second-order valence-electron chi connectivity index (χ2n) is 25.6. The van der Waals surface area contributed by atoms with Gasteiger partial charge in [0.25, 0.3) is 0 Å². The molecule has 0 spiro atoms. The standard InChI is InChI=1S/C66H108N22O18S3/c1-6-33(4)50(88-59(101)47(31-109)85-53(95)40(17-12-24-76-66(72)73)79-56(98)43(27-89)82-60(102)48(67)34(5)91)62(104)81-42(25-35-13-8-7-9-14-35)55(97)80-41(26-36-18-20-37(92)21-19-36)54(96)78-38(15-10-22-74-64(68)69)51(93)77-39(16-11-23-75-65(70)71)52(94)84-46(30-108)58(100)87-49(32(2)3)61(103)86-45(29-107)57(99)83-44(28-90)63(105)106/h7-9,13-14,18-21,32-34,38-50,89-92,107-109H,6,10-12,15-17,22-31,67H2,1-5H3,(H,77,93)(H,78,96)(H,79,98)(H,80,97)(H,81,104)(H,82,102)(H,83,99)(H,84,94)(H,85,95)(H,86,103)(H,87,100)(H,88,101)(H,105,106)(H4,68,69,74)(H4,70,71,75)(H4,72,73,76)/t33-,34+,38-,39-,40-,41-,42-,43-,44-,45-,46-,47-,48-,49-,50-/m0/s1. The summed E-state index contributed by atoms with van der Waals surface area (Å²) in [6.07, 6.45) is -2.22. The van der Waals surface area contributed by atoms with E-state index in [9.17, 15) is 78.3 Å². The molecule has 40 nitrogen and oxygen atoms in total. The van der Waals surface area contributed by atoms with Crippen LogP contribution in [0.5, 0.6) is 5.75 Å². The van der Waals surface area contributed by atoms with Crippen molar-refractivity contribution in [1.82, 2.24) is 63.8 Å². The third-order valence-corrected chi connectivity index (χ3v) is 17.7. The number of aliphatic carboxylic acids is 1. The van der Waals surface area contributed by atoms with Crippen molar-refractivity contribution in [3.05, 3.63) is 65.7 Å². The Labute approximate surface area is 646 Å². The fraction of sp³-hybridized carbons (Fsp3) is 0.576. The zero-order valence-corrected chi connectivity index (χ0v) is 63.9. The SMILES string of the molecule is CC[C@H](C)[C@H](NC(=O)[C@H](CS)NC(=O)[C@H](CCCN=C(N)N)NC(=O)[C@H](CO)NC(=O)[C@@H](N)[C@@H](C)O)C(=O)N[C@@H](Cc1ccccc1)C(=O)N[C@@H](Cc1ccc(O)cc1)C(=O)N[C@@H](CCCN=C(N)N)C(=O)N[C@@H](CCCN=C(N)N)C(=O)N[C@@H](CS)C(=O)N[C@H](C(=O)N[C@@H](CS)C(=O)N[C@@H](CO)C(=O)O)C(C)C. The van der Waals surface area contributed by atoms with Gasteiger partial charge in [-0.2, -0.15) is 37.9 Å². The molecule has 31 N–H and O–H groups in total. The molecule has 0 aromatic heterocycles. The molecule has 0 unspecified atom stereocenters. The number of amides is 12. The van der Waals surface area contributed by atoms with Gasteiger partial charge < -0.3 is 129 Å². The molecule has 0 aliphatic heterocycles. The zero-order chi connectivity index (χ0) is 82.2. The number of thiol groups is 3. The number of aliphatic imine (C=N–C) groups is 3. The van der Waals surface area contributed by atoms with Crippen molar-refractivity contribution in [1.29, 1.82) is 0 Å². The number of carboxylic acids is 1. The molecule has 0 aliphatic rings. The first-order valence-corrected chi connectivity index (χ1v) is 36.7. The minimum atomic E-state index is -1.71. The Balaban J connectivity index is 2.68. The molecule has 2 aromatic rings. The predicted octanol–water partition coefficient (Wildman–Crippen LogP) is -8.58. The molecule has 608 valence electrons. The van der Waals surface area contributed by atoms with Gasteiger partial charge >= 0.3 is 5.97 Å². The van der Waals surface area contributed by atoms with Gasteiger partial charge in [0.05, 0.1) is 19.3 Å². The van der Waals surface area contributed by atoms with E-state index in [1.54, 1.807) is 58.0 Å². The van der Waals surface area contributed by atoms with Crippen LogP contribution in [0.3, 0.4) is 0 Å². The van der Waals surface area contributed by atoms with Crippen LogP contribution in [0.4, 0.5) is 0 Å². The highest BCUT2D eigenvalue weighted by molar-refractivity contribution is 7.80. The fourth-order valence-electron chi connectivity index (χ4n) is 10.1. The van der Waals surface area contributed by atoms with Gasteiger partial charge in [-0.05, 0) is 80.5 Å². The summed E-state index contributed by atoms with van der Waals surface area (Å²) >= 11 is 12.7. The average Bonchev–Trinajstić information content (AvgIpc) is 0.843. The number of carbonyl (C=O) groups is 13. The Morgan fingerprint density at radius 1 is 0.404 bits per heavy atom. The van der Waals surface area contributed by atoms with Crippen LogP contribution in [0.25, 0.3) is 0 Å². The molecule has 2 rings (SSSR count). The van der Waals surface area contributed by atoms with Gasteiger partial charge in [0.15, 0.2) is 17.9 Å². The maximum atomic E-state index is 15.1. The van der Waals surface area contributed by atoms with Crippen molar-refractivity contribution >= 4 is 133 Å². The quantitative estimate of drug-likeness (QED) is 0.0127. The molecule has 0 fully saturated rings. The van der Waals surface area contributed by atoms with Crippen molar-refractivity contribution in [3.63, 3.8) is 0 Å². The Hall–Kier alpha value is -9.95. The molecule has 12 amide bonds. The number of nitrogens with one attached hydrogen (secondary N) is 12. The smallest absolute Gasteiger partial charge is 0.328 e. The number of guanidine groups is 3. The number of hydrogen-bond donors (Lipinski definition) is 27. The van der Waals surface area contributed by atoms with Crippen molar-refractivity contribution < 1.29 is 87.9 Å². The Morgan fingerprint density at radius 2 is 0.706 bits per heavy atom. The Kier molecular flexibility index (Phi) is 43.5. The van der Waals surface area contributed by atoms with Crippen molar-refractivity contribution in [2.45, 2.75) is 177 Å². The second-order valence-corrected chi connectivity index (χ2v) is 26.7. The third-order valence-electron chi connectivity index (χ3n) is 16.6. The van der Waals surface area contributed by atoms with Crippen LogP contribution < -0.4 is 104 Å². The molecule has 109 heavy (non-hydrogen) atoms. The summed E-state index contributed by atoms with van der Waals surface area (Å²) in [6, 6.07) is -6.21. The molecule has 0 saturated carbocycles. The van der Waals surface area contributed by atoms with E-state index in [0.717, 1.165) is 0 Å². The van der Waals surface area contributed by atoms with Crippen LogP contribution in [0.15, 0.2) is 69.6 Å². The van der Waals surface area contributed by atoms with E-state index in [1.165, 1.54) is 31.2 Å². The molecule has 0 bridgehead atoms. The molecule has 0 aliphatic carbocycles. The minimum absolute atomic E-state index is 0.00159. The Morgan fingerprint density at radius 3 is 1.06 bits per heavy atom. The molecule has 0 saturated heterocycles. The number of benzene rings is 2. The summed E-state index contributed by atoms with van der Waals surface area (Å²) in [4.78, 5) is 193. The highest BCUT2D eigenvalue weighted by Gasteiger charge is 2.39. The molecule has 0 heterocycles. The summed E-state index contributed by atoms with van der Waals surface area (Å²) in [5, 5.41) is 78.8. The lowest BCUT2D eigenvalue weighted by Gasteiger charge is -2.30. The van der Waals surface area contributed by atoms with Crippen molar-refractivity contribution in [3.8, 4) is 5.75 Å². The largest absolute Gasteiger partial charge is 0.508 e. The molecule has 0 radical (unpaired) electrons. The summed E-state index contributed by atoms with van der Waals surface area (Å²) in [6.45, 7) is 5.51. The number of carbonyl (C=O) groups excluding carboxylic acids is 12. The maximum absolute atomic E-state index is 15.1. The third kappa shape index (κ3) is 34.9.